The molecule has 0 bridgehead atoms. The second kappa shape index (κ2) is 4.80. The van der Waals surface area contributed by atoms with Crippen LogP contribution in [0.1, 0.15) is 17.3 Å². The smallest absolute Gasteiger partial charge is 0.335 e. The van der Waals surface area contributed by atoms with Crippen molar-refractivity contribution in [2.75, 3.05) is 18.0 Å². The Labute approximate surface area is 104 Å². The molecule has 5 heteroatoms. The molecule has 18 heavy (non-hydrogen) atoms. The van der Waals surface area contributed by atoms with Crippen LogP contribution in [0.25, 0.3) is 11.1 Å². The summed E-state index contributed by atoms with van der Waals surface area (Å²) in [6, 6.07) is 4.98. The first-order valence-electron chi connectivity index (χ1n) is 5.48. The first-order chi connectivity index (χ1) is 8.65. The lowest BCUT2D eigenvalue weighted by Crippen LogP contribution is -2.22. The number of benzene rings is 1. The number of fused-ring (bicyclic) bond motifs is 1. The van der Waals surface area contributed by atoms with Crippen LogP contribution in [0.2, 0.25) is 0 Å². The fourth-order valence-electron chi connectivity index (χ4n) is 1.61. The van der Waals surface area contributed by atoms with Crippen LogP contribution in [0.4, 0.5) is 6.01 Å². The molecule has 0 aliphatic carbocycles. The van der Waals surface area contributed by atoms with E-state index in [1.165, 1.54) is 12.1 Å². The summed E-state index contributed by atoms with van der Waals surface area (Å²) in [7, 11) is 0. The third kappa shape index (κ3) is 2.13. The molecule has 92 valence electrons. The monoisotopic (exact) mass is 244 g/mol. The summed E-state index contributed by atoms with van der Waals surface area (Å²) in [5.74, 6) is 1.53. The maximum absolute atomic E-state index is 10.8. The van der Waals surface area contributed by atoms with E-state index >= 15 is 0 Å². The normalized spacial score (nSPS) is 10.2. The Morgan fingerprint density at radius 1 is 1.61 bits per heavy atom. The maximum atomic E-state index is 10.8. The molecular formula is C13H12N2O3. The number of carbonyl (C=O) groups is 1. The molecule has 1 N–H and O–H groups in total. The van der Waals surface area contributed by atoms with Gasteiger partial charge in [-0.25, -0.2) is 4.79 Å². The molecule has 0 fully saturated rings. The van der Waals surface area contributed by atoms with E-state index in [1.807, 2.05) is 6.92 Å². The highest BCUT2D eigenvalue weighted by molar-refractivity contribution is 5.92. The minimum atomic E-state index is -0.995. The summed E-state index contributed by atoms with van der Waals surface area (Å²) in [6.45, 7) is 3.01. The quantitative estimate of drug-likeness (QED) is 0.833. The second-order valence-electron chi connectivity index (χ2n) is 3.70. The van der Waals surface area contributed by atoms with E-state index < -0.39 is 5.97 Å². The highest BCUT2D eigenvalue weighted by atomic mass is 16.4. The Hall–Kier alpha value is -2.48. The van der Waals surface area contributed by atoms with Crippen molar-refractivity contribution < 1.29 is 14.3 Å². The van der Waals surface area contributed by atoms with Gasteiger partial charge in [0.2, 0.25) is 0 Å². The summed E-state index contributed by atoms with van der Waals surface area (Å²) in [5.41, 5.74) is 1.23. The van der Waals surface area contributed by atoms with Crippen molar-refractivity contribution in [3.63, 3.8) is 0 Å². The Kier molecular flexibility index (Phi) is 3.20. The number of rotatable bonds is 4. The third-order valence-corrected chi connectivity index (χ3v) is 2.56. The summed E-state index contributed by atoms with van der Waals surface area (Å²) in [5, 5.41) is 8.89. The number of nitrogens with zero attached hydrogens (tertiary/aromatic N) is 2. The lowest BCUT2D eigenvalue weighted by Gasteiger charge is -2.13. The molecule has 5 nitrogen and oxygen atoms in total. The standard InChI is InChI=1S/C13H12N2O3/c1-3-7-15(4-2)13-14-10-6-5-9(12(16)17)8-11(10)18-13/h1,5-6,8H,4,7H2,2H3,(H,16,17). The van der Waals surface area contributed by atoms with Crippen LogP contribution in [-0.2, 0) is 0 Å². The Morgan fingerprint density at radius 3 is 3.00 bits per heavy atom. The fraction of sp³-hybridized carbons (Fsp3) is 0.231. The van der Waals surface area contributed by atoms with Crippen molar-refractivity contribution in [3.05, 3.63) is 23.8 Å². The van der Waals surface area contributed by atoms with Gasteiger partial charge in [0.15, 0.2) is 5.58 Å². The van der Waals surface area contributed by atoms with Crippen LogP contribution >= 0.6 is 0 Å². The molecule has 1 aromatic heterocycles. The number of carboxylic acids is 1. The van der Waals surface area contributed by atoms with E-state index in [1.54, 1.807) is 11.0 Å². The molecule has 0 saturated carbocycles. The second-order valence-corrected chi connectivity index (χ2v) is 3.70. The van der Waals surface area contributed by atoms with Gasteiger partial charge in [0.05, 0.1) is 12.1 Å². The van der Waals surface area contributed by atoms with Gasteiger partial charge in [0.1, 0.15) is 5.52 Å². The highest BCUT2D eigenvalue weighted by Gasteiger charge is 2.13. The van der Waals surface area contributed by atoms with Gasteiger partial charge in [-0.2, -0.15) is 4.98 Å². The topological polar surface area (TPSA) is 66.6 Å². The Morgan fingerprint density at radius 2 is 2.39 bits per heavy atom. The van der Waals surface area contributed by atoms with Gasteiger partial charge in [-0.05, 0) is 25.1 Å². The van der Waals surface area contributed by atoms with Gasteiger partial charge in [-0.3, -0.25) is 0 Å². The van der Waals surface area contributed by atoms with Crippen LogP contribution in [0.3, 0.4) is 0 Å². The zero-order chi connectivity index (χ0) is 13.1. The van der Waals surface area contributed by atoms with Gasteiger partial charge in [0, 0.05) is 6.54 Å². The van der Waals surface area contributed by atoms with E-state index in [2.05, 4.69) is 10.9 Å². The number of terminal acetylenes is 1. The lowest BCUT2D eigenvalue weighted by molar-refractivity contribution is 0.0697. The van der Waals surface area contributed by atoms with E-state index in [0.29, 0.717) is 30.2 Å². The summed E-state index contributed by atoms with van der Waals surface area (Å²) >= 11 is 0. The first-order valence-corrected chi connectivity index (χ1v) is 5.48. The number of aromatic carboxylic acids is 1. The molecule has 0 saturated heterocycles. The van der Waals surface area contributed by atoms with E-state index in [-0.39, 0.29) is 5.56 Å². The molecule has 0 spiro atoms. The van der Waals surface area contributed by atoms with Crippen molar-refractivity contribution in [3.8, 4) is 12.3 Å². The number of carboxylic acid groups (broad SMARTS) is 1. The predicted molar refractivity (Wildman–Crippen MR) is 67.7 cm³/mol. The molecule has 0 atom stereocenters. The van der Waals surface area contributed by atoms with E-state index in [9.17, 15) is 4.79 Å². The molecule has 1 aromatic carbocycles. The average Bonchev–Trinajstić information content (AvgIpc) is 2.78. The number of oxazole rings is 1. The Bertz CT molecular complexity index is 625. The average molecular weight is 244 g/mol. The van der Waals surface area contributed by atoms with Gasteiger partial charge < -0.3 is 14.4 Å². The summed E-state index contributed by atoms with van der Waals surface area (Å²) in [4.78, 5) is 16.9. The molecule has 2 rings (SSSR count). The minimum Gasteiger partial charge on any atom is -0.478 e. The minimum absolute atomic E-state index is 0.171. The maximum Gasteiger partial charge on any atom is 0.335 e. The molecule has 0 aliphatic rings. The Balaban J connectivity index is 2.44. The van der Waals surface area contributed by atoms with Crippen molar-refractivity contribution >= 4 is 23.1 Å². The SMILES string of the molecule is C#CCN(CC)c1nc2ccc(C(=O)O)cc2o1. The molecule has 2 aromatic rings. The van der Waals surface area contributed by atoms with Crippen molar-refractivity contribution in [1.29, 1.82) is 0 Å². The van der Waals surface area contributed by atoms with E-state index in [4.69, 9.17) is 15.9 Å². The number of aromatic nitrogens is 1. The third-order valence-electron chi connectivity index (χ3n) is 2.56. The van der Waals surface area contributed by atoms with Crippen LogP contribution in [0.15, 0.2) is 22.6 Å². The molecular weight excluding hydrogens is 232 g/mol. The predicted octanol–water partition coefficient (Wildman–Crippen LogP) is 1.99. The number of hydrogen-bond acceptors (Lipinski definition) is 4. The number of anilines is 1. The zero-order valence-corrected chi connectivity index (χ0v) is 9.88. The van der Waals surface area contributed by atoms with Crippen LogP contribution in [0, 0.1) is 12.3 Å². The van der Waals surface area contributed by atoms with Gasteiger partial charge in [-0.15, -0.1) is 6.42 Å². The molecule has 0 unspecified atom stereocenters. The highest BCUT2D eigenvalue weighted by Crippen LogP contribution is 2.22. The van der Waals surface area contributed by atoms with Crippen molar-refractivity contribution in [2.45, 2.75) is 6.92 Å². The van der Waals surface area contributed by atoms with Gasteiger partial charge in [-0.1, -0.05) is 5.92 Å². The fourth-order valence-corrected chi connectivity index (χ4v) is 1.61. The molecule has 0 amide bonds. The molecule has 0 aliphatic heterocycles. The van der Waals surface area contributed by atoms with Crippen molar-refractivity contribution in [1.82, 2.24) is 4.98 Å². The van der Waals surface area contributed by atoms with Crippen molar-refractivity contribution in [2.24, 2.45) is 0 Å². The zero-order valence-electron chi connectivity index (χ0n) is 9.88. The number of hydrogen-bond donors (Lipinski definition) is 1. The van der Waals surface area contributed by atoms with Gasteiger partial charge in [0.25, 0.3) is 6.01 Å². The van der Waals surface area contributed by atoms with Gasteiger partial charge >= 0.3 is 5.97 Å². The van der Waals surface area contributed by atoms with Crippen LogP contribution in [-0.4, -0.2) is 29.1 Å². The summed E-state index contributed by atoms with van der Waals surface area (Å²) in [6.07, 6.45) is 5.26. The molecule has 1 heterocycles. The molecule has 0 radical (unpaired) electrons. The summed E-state index contributed by atoms with van der Waals surface area (Å²) < 4.78 is 5.52. The lowest BCUT2D eigenvalue weighted by atomic mass is 10.2. The largest absolute Gasteiger partial charge is 0.478 e. The first kappa shape index (κ1) is 12.0. The van der Waals surface area contributed by atoms with Crippen LogP contribution in [0.5, 0.6) is 0 Å². The van der Waals surface area contributed by atoms with Crippen LogP contribution < -0.4 is 4.90 Å². The van der Waals surface area contributed by atoms with E-state index in [0.717, 1.165) is 0 Å².